The lowest BCUT2D eigenvalue weighted by Gasteiger charge is -2.49. The first-order valence-corrected chi connectivity index (χ1v) is 11.8. The molecule has 29 heavy (non-hydrogen) atoms. The second-order valence-electron chi connectivity index (χ2n) is 11.0. The first kappa shape index (κ1) is 18.2. The third kappa shape index (κ3) is 2.93. The Morgan fingerprint density at radius 2 is 2.03 bits per heavy atom. The van der Waals surface area contributed by atoms with Gasteiger partial charge in [-0.25, -0.2) is 0 Å². The summed E-state index contributed by atoms with van der Waals surface area (Å²) >= 11 is 0. The largest absolute Gasteiger partial charge is 0.490 e. The molecule has 1 amide bonds. The van der Waals surface area contributed by atoms with Gasteiger partial charge in [-0.15, -0.1) is 0 Å². The summed E-state index contributed by atoms with van der Waals surface area (Å²) in [7, 11) is 0. The highest BCUT2D eigenvalue weighted by atomic mass is 16.5. The average Bonchev–Trinajstić information content (AvgIpc) is 3.00. The molecule has 1 aromatic rings. The second kappa shape index (κ2) is 6.47. The van der Waals surface area contributed by atoms with E-state index in [4.69, 9.17) is 4.74 Å². The molecule has 1 aliphatic heterocycles. The van der Waals surface area contributed by atoms with Gasteiger partial charge in [-0.2, -0.15) is 0 Å². The maximum absolute atomic E-state index is 13.1. The number of amides is 1. The van der Waals surface area contributed by atoms with Crippen LogP contribution in [0.3, 0.4) is 0 Å². The molecule has 1 spiro atoms. The predicted molar refractivity (Wildman–Crippen MR) is 114 cm³/mol. The molecule has 1 heterocycles. The van der Waals surface area contributed by atoms with Gasteiger partial charge < -0.3 is 15.4 Å². The molecule has 2 N–H and O–H groups in total. The number of piperidine rings is 1. The van der Waals surface area contributed by atoms with Crippen molar-refractivity contribution in [1.29, 1.82) is 0 Å². The Balaban J connectivity index is 1.14. The minimum atomic E-state index is 0.211. The van der Waals surface area contributed by atoms with E-state index in [0.717, 1.165) is 60.7 Å². The van der Waals surface area contributed by atoms with Crippen LogP contribution in [0.5, 0.6) is 5.75 Å². The molecule has 4 saturated carbocycles. The summed E-state index contributed by atoms with van der Waals surface area (Å²) < 4.78 is 6.19. The van der Waals surface area contributed by atoms with Crippen molar-refractivity contribution in [2.75, 3.05) is 18.4 Å². The zero-order valence-corrected chi connectivity index (χ0v) is 17.6. The van der Waals surface area contributed by atoms with Crippen molar-refractivity contribution in [3.63, 3.8) is 0 Å². The fraction of sp³-hybridized carbons (Fsp3) is 0.720. The van der Waals surface area contributed by atoms with E-state index in [1.165, 1.54) is 38.5 Å². The number of benzene rings is 1. The molecule has 4 heteroatoms. The first-order chi connectivity index (χ1) is 14.0. The van der Waals surface area contributed by atoms with Crippen LogP contribution >= 0.6 is 0 Å². The maximum atomic E-state index is 13.1. The van der Waals surface area contributed by atoms with Crippen LogP contribution in [0.2, 0.25) is 0 Å². The SMILES string of the molecule is Cc1ccc(OC2CCNCC2)cc1NC(=O)CC12CC3CC4CC(C1)C4(C3)C2. The number of ether oxygens (including phenoxy) is 1. The van der Waals surface area contributed by atoms with E-state index in [9.17, 15) is 4.79 Å². The Hall–Kier alpha value is -1.55. The van der Waals surface area contributed by atoms with Gasteiger partial charge in [0.2, 0.25) is 5.91 Å². The quantitative estimate of drug-likeness (QED) is 0.763. The Kier molecular flexibility index (Phi) is 4.07. The molecular formula is C25H34N2O2. The van der Waals surface area contributed by atoms with E-state index in [0.29, 0.717) is 17.3 Å². The molecule has 1 saturated heterocycles. The number of hydrogen-bond acceptors (Lipinski definition) is 3. The van der Waals surface area contributed by atoms with Crippen molar-refractivity contribution in [2.24, 2.45) is 28.6 Å². The van der Waals surface area contributed by atoms with Crippen LogP contribution in [0.15, 0.2) is 18.2 Å². The monoisotopic (exact) mass is 394 g/mol. The van der Waals surface area contributed by atoms with Crippen LogP contribution in [0, 0.1) is 35.5 Å². The maximum Gasteiger partial charge on any atom is 0.224 e. The highest BCUT2D eigenvalue weighted by molar-refractivity contribution is 5.92. The molecule has 156 valence electrons. The van der Waals surface area contributed by atoms with Gasteiger partial charge in [-0.1, -0.05) is 6.07 Å². The standard InChI is InChI=1S/C25H34N2O2/c1-16-2-3-21(29-20-4-6-26-7-5-20)10-22(16)27-23(28)14-24-11-17-8-18-9-19(13-24)25(18,12-17)15-24/h2-3,10,17-20,26H,4-9,11-15H2,1H3,(H,27,28). The molecule has 1 aromatic carbocycles. The summed E-state index contributed by atoms with van der Waals surface area (Å²) in [5.74, 6) is 3.92. The van der Waals surface area contributed by atoms with Crippen LogP contribution in [0.1, 0.15) is 63.4 Å². The summed E-state index contributed by atoms with van der Waals surface area (Å²) in [5.41, 5.74) is 2.98. The van der Waals surface area contributed by atoms with Crippen LogP contribution in [0.4, 0.5) is 5.69 Å². The average molecular weight is 395 g/mol. The summed E-state index contributed by atoms with van der Waals surface area (Å²) in [5, 5.41) is 6.64. The highest BCUT2D eigenvalue weighted by Crippen LogP contribution is 2.79. The van der Waals surface area contributed by atoms with Gasteiger partial charge in [0, 0.05) is 18.2 Å². The van der Waals surface area contributed by atoms with Gasteiger partial charge in [0.1, 0.15) is 11.9 Å². The van der Waals surface area contributed by atoms with Crippen molar-refractivity contribution in [3.8, 4) is 5.75 Å². The minimum absolute atomic E-state index is 0.211. The zero-order valence-electron chi connectivity index (χ0n) is 17.6. The van der Waals surface area contributed by atoms with E-state index in [2.05, 4.69) is 23.6 Å². The summed E-state index contributed by atoms with van der Waals surface area (Å²) in [6.07, 6.45) is 11.4. The lowest BCUT2D eigenvalue weighted by molar-refractivity contribution is -0.119. The third-order valence-corrected chi connectivity index (χ3v) is 9.19. The molecule has 5 aliphatic rings. The highest BCUT2D eigenvalue weighted by Gasteiger charge is 2.70. The van der Waals surface area contributed by atoms with E-state index < -0.39 is 0 Å². The number of carbonyl (C=O) groups is 1. The summed E-state index contributed by atoms with van der Waals surface area (Å²) in [6, 6.07) is 6.15. The number of fused-ring (bicyclic) bond motifs is 2. The first-order valence-electron chi connectivity index (χ1n) is 11.8. The Labute approximate surface area is 174 Å². The summed E-state index contributed by atoms with van der Waals surface area (Å²) in [4.78, 5) is 13.1. The number of anilines is 1. The Bertz CT molecular complexity index is 828. The van der Waals surface area contributed by atoms with E-state index in [1.807, 2.05) is 12.1 Å². The Morgan fingerprint density at radius 3 is 2.90 bits per heavy atom. The number of hydrogen-bond donors (Lipinski definition) is 2. The molecule has 0 radical (unpaired) electrons. The normalized spacial score (nSPS) is 39.8. The lowest BCUT2D eigenvalue weighted by atomic mass is 9.55. The zero-order chi connectivity index (χ0) is 19.6. The van der Waals surface area contributed by atoms with Crippen molar-refractivity contribution >= 4 is 11.6 Å². The van der Waals surface area contributed by atoms with Gasteiger partial charge in [0.05, 0.1) is 0 Å². The summed E-state index contributed by atoms with van der Waals surface area (Å²) in [6.45, 7) is 4.11. The topological polar surface area (TPSA) is 50.4 Å². The number of rotatable bonds is 5. The Morgan fingerprint density at radius 1 is 1.17 bits per heavy atom. The van der Waals surface area contributed by atoms with E-state index in [-0.39, 0.29) is 12.0 Å². The van der Waals surface area contributed by atoms with E-state index >= 15 is 0 Å². The molecule has 5 atom stereocenters. The van der Waals surface area contributed by atoms with Gasteiger partial charge in [-0.05, 0) is 112 Å². The predicted octanol–water partition coefficient (Wildman–Crippen LogP) is 4.67. The van der Waals surface area contributed by atoms with Crippen molar-refractivity contribution in [2.45, 2.75) is 70.8 Å². The van der Waals surface area contributed by atoms with Crippen LogP contribution in [-0.4, -0.2) is 25.1 Å². The van der Waals surface area contributed by atoms with Crippen LogP contribution < -0.4 is 15.4 Å². The number of aryl methyl sites for hydroxylation is 1. The van der Waals surface area contributed by atoms with Gasteiger partial charge in [-0.3, -0.25) is 4.79 Å². The second-order valence-corrected chi connectivity index (χ2v) is 11.0. The third-order valence-electron chi connectivity index (χ3n) is 9.19. The molecule has 6 rings (SSSR count). The van der Waals surface area contributed by atoms with Gasteiger partial charge >= 0.3 is 0 Å². The number of nitrogens with one attached hydrogen (secondary N) is 2. The molecular weight excluding hydrogens is 360 g/mol. The lowest BCUT2D eigenvalue weighted by Crippen LogP contribution is -2.42. The molecule has 3 bridgehead atoms. The van der Waals surface area contributed by atoms with Crippen molar-refractivity contribution in [3.05, 3.63) is 23.8 Å². The fourth-order valence-electron chi connectivity index (χ4n) is 8.19. The molecule has 4 nitrogen and oxygen atoms in total. The van der Waals surface area contributed by atoms with Crippen molar-refractivity contribution < 1.29 is 9.53 Å². The molecule has 0 aromatic heterocycles. The molecule has 5 unspecified atom stereocenters. The molecule has 4 aliphatic carbocycles. The van der Waals surface area contributed by atoms with Crippen LogP contribution in [-0.2, 0) is 4.79 Å². The minimum Gasteiger partial charge on any atom is -0.490 e. The fourth-order valence-corrected chi connectivity index (χ4v) is 8.19. The van der Waals surface area contributed by atoms with Gasteiger partial charge in [0.25, 0.3) is 0 Å². The van der Waals surface area contributed by atoms with Crippen LogP contribution in [0.25, 0.3) is 0 Å². The van der Waals surface area contributed by atoms with Crippen molar-refractivity contribution in [1.82, 2.24) is 5.32 Å². The van der Waals surface area contributed by atoms with E-state index in [1.54, 1.807) is 0 Å². The van der Waals surface area contributed by atoms with Gasteiger partial charge in [0.15, 0.2) is 0 Å². The smallest absolute Gasteiger partial charge is 0.224 e. The number of carbonyl (C=O) groups excluding carboxylic acids is 1. The molecule has 5 fully saturated rings.